The summed E-state index contributed by atoms with van der Waals surface area (Å²) in [4.78, 5) is 13.1. The average molecular weight is 530 g/mol. The molecule has 1 aromatic carbocycles. The van der Waals surface area contributed by atoms with Crippen LogP contribution in [0, 0.1) is 13.8 Å². The van der Waals surface area contributed by atoms with Gasteiger partial charge < -0.3 is 4.74 Å². The van der Waals surface area contributed by atoms with Gasteiger partial charge in [-0.05, 0) is 55.3 Å². The van der Waals surface area contributed by atoms with Crippen molar-refractivity contribution < 1.29 is 17.9 Å². The zero-order chi connectivity index (χ0) is 25.2. The van der Waals surface area contributed by atoms with Gasteiger partial charge in [0.25, 0.3) is 0 Å². The summed E-state index contributed by atoms with van der Waals surface area (Å²) >= 11 is 7.16. The van der Waals surface area contributed by atoms with Crippen LogP contribution in [-0.2, 0) is 12.9 Å². The molecular formula is C23H15ClF3N7OS. The zero-order valence-corrected chi connectivity index (χ0v) is 20.3. The number of benzene rings is 1. The maximum absolute atomic E-state index is 13.3. The molecule has 0 bridgehead atoms. The van der Waals surface area contributed by atoms with Gasteiger partial charge in [0.05, 0.1) is 5.52 Å². The van der Waals surface area contributed by atoms with E-state index >= 15 is 0 Å². The van der Waals surface area contributed by atoms with Crippen LogP contribution in [0.2, 0.25) is 5.02 Å². The maximum atomic E-state index is 13.3. The molecule has 0 aliphatic carbocycles. The van der Waals surface area contributed by atoms with Crippen molar-refractivity contribution in [3.63, 3.8) is 0 Å². The number of hydrogen-bond donors (Lipinski definition) is 0. The SMILES string of the molecule is Cc1cc(OCn2ccc(-c3nc4c5sc6nc(C(F)(F)F)cc(C)c6c5ncn4n3)n2)ccc1Cl. The molecule has 5 aromatic heterocycles. The number of alkyl halides is 3. The highest BCUT2D eigenvalue weighted by Crippen LogP contribution is 2.38. The van der Waals surface area contributed by atoms with E-state index in [-0.39, 0.29) is 11.6 Å². The van der Waals surface area contributed by atoms with Crippen molar-refractivity contribution in [1.82, 2.24) is 34.3 Å². The third-order valence-corrected chi connectivity index (χ3v) is 7.11. The first-order valence-electron chi connectivity index (χ1n) is 10.6. The third-order valence-electron chi connectivity index (χ3n) is 5.62. The third kappa shape index (κ3) is 3.82. The van der Waals surface area contributed by atoms with Gasteiger partial charge >= 0.3 is 6.18 Å². The summed E-state index contributed by atoms with van der Waals surface area (Å²) in [6.07, 6.45) is -1.31. The second kappa shape index (κ2) is 8.14. The minimum absolute atomic E-state index is 0.170. The van der Waals surface area contributed by atoms with E-state index in [0.29, 0.717) is 49.1 Å². The van der Waals surface area contributed by atoms with Gasteiger partial charge in [-0.15, -0.1) is 16.4 Å². The van der Waals surface area contributed by atoms with E-state index < -0.39 is 11.9 Å². The standard InChI is InChI=1S/C23H15ClF3N7OS/c1-11-7-13(3-4-14(11)24)35-10-33-6-5-15(31-33)20-30-21-19-18(28-9-34(21)32-20)17-12(2)8-16(23(25,26)27)29-22(17)36-19/h3-9H,10H2,1-2H3. The number of ether oxygens (including phenoxy) is 1. The molecule has 0 atom stereocenters. The Kier molecular flexibility index (Phi) is 5.12. The lowest BCUT2D eigenvalue weighted by Gasteiger charge is -2.07. The Morgan fingerprint density at radius 3 is 2.67 bits per heavy atom. The van der Waals surface area contributed by atoms with Gasteiger partial charge in [0, 0.05) is 16.6 Å². The average Bonchev–Trinajstić information content (AvgIpc) is 3.55. The smallest absolute Gasteiger partial charge is 0.433 e. The number of thiophene rings is 1. The van der Waals surface area contributed by atoms with E-state index in [1.165, 1.54) is 10.8 Å². The van der Waals surface area contributed by atoms with Gasteiger partial charge in [-0.2, -0.15) is 18.3 Å². The fourth-order valence-electron chi connectivity index (χ4n) is 3.86. The monoisotopic (exact) mass is 529 g/mol. The first-order chi connectivity index (χ1) is 17.2. The molecule has 36 heavy (non-hydrogen) atoms. The van der Waals surface area contributed by atoms with Crippen LogP contribution in [0.3, 0.4) is 0 Å². The van der Waals surface area contributed by atoms with Gasteiger partial charge in [-0.3, -0.25) is 0 Å². The van der Waals surface area contributed by atoms with Crippen molar-refractivity contribution >= 4 is 49.0 Å². The summed E-state index contributed by atoms with van der Waals surface area (Å²) < 4.78 is 49.2. The molecular weight excluding hydrogens is 515 g/mol. The van der Waals surface area contributed by atoms with Crippen molar-refractivity contribution in [3.05, 3.63) is 64.7 Å². The number of nitrogens with zero attached hydrogens (tertiary/aromatic N) is 7. The van der Waals surface area contributed by atoms with Gasteiger partial charge in [-0.1, -0.05) is 11.6 Å². The molecule has 0 aliphatic heterocycles. The Morgan fingerprint density at radius 1 is 1.06 bits per heavy atom. The summed E-state index contributed by atoms with van der Waals surface area (Å²) in [6.45, 7) is 3.68. The van der Waals surface area contributed by atoms with E-state index in [2.05, 4.69) is 25.1 Å². The Balaban J connectivity index is 1.34. The molecule has 0 radical (unpaired) electrons. The molecule has 6 rings (SSSR count). The molecule has 8 nitrogen and oxygen atoms in total. The van der Waals surface area contributed by atoms with Crippen LogP contribution in [0.4, 0.5) is 13.2 Å². The topological polar surface area (TPSA) is 83.0 Å². The van der Waals surface area contributed by atoms with Crippen LogP contribution < -0.4 is 4.74 Å². The van der Waals surface area contributed by atoms with Crippen LogP contribution in [0.5, 0.6) is 5.75 Å². The fourth-order valence-corrected chi connectivity index (χ4v) is 5.16. The second-order valence-corrected chi connectivity index (χ2v) is 9.56. The predicted octanol–water partition coefficient (Wildman–Crippen LogP) is 6.08. The lowest BCUT2D eigenvalue weighted by atomic mass is 10.1. The van der Waals surface area contributed by atoms with E-state index in [1.54, 1.807) is 36.0 Å². The summed E-state index contributed by atoms with van der Waals surface area (Å²) in [5, 5.41) is 10.2. The highest BCUT2D eigenvalue weighted by atomic mass is 35.5. The molecule has 0 unspecified atom stereocenters. The molecule has 0 N–H and O–H groups in total. The van der Waals surface area contributed by atoms with Crippen molar-refractivity contribution in [3.8, 4) is 17.3 Å². The molecule has 0 aliphatic rings. The first-order valence-corrected chi connectivity index (χ1v) is 11.8. The fraction of sp³-hybridized carbons (Fsp3) is 0.174. The largest absolute Gasteiger partial charge is 0.471 e. The summed E-state index contributed by atoms with van der Waals surface area (Å²) in [5.41, 5.74) is 1.94. The summed E-state index contributed by atoms with van der Waals surface area (Å²) in [6, 6.07) is 8.18. The molecule has 6 aromatic rings. The predicted molar refractivity (Wildman–Crippen MR) is 129 cm³/mol. The van der Waals surface area contributed by atoms with Gasteiger partial charge in [-0.25, -0.2) is 24.1 Å². The number of aryl methyl sites for hydroxylation is 2. The minimum Gasteiger partial charge on any atom is -0.471 e. The highest BCUT2D eigenvalue weighted by Gasteiger charge is 2.33. The summed E-state index contributed by atoms with van der Waals surface area (Å²) in [5.74, 6) is 1.01. The number of fused-ring (bicyclic) bond motifs is 5. The quantitative estimate of drug-likeness (QED) is 0.275. The Labute approximate surface area is 209 Å². The Morgan fingerprint density at radius 2 is 1.89 bits per heavy atom. The molecule has 182 valence electrons. The molecule has 0 saturated carbocycles. The summed E-state index contributed by atoms with van der Waals surface area (Å²) in [7, 11) is 0. The number of rotatable bonds is 4. The first kappa shape index (κ1) is 22.7. The van der Waals surface area contributed by atoms with E-state index in [4.69, 9.17) is 16.3 Å². The minimum atomic E-state index is -4.53. The number of pyridine rings is 1. The molecule has 5 heterocycles. The van der Waals surface area contributed by atoms with Crippen LogP contribution in [0.1, 0.15) is 16.8 Å². The van der Waals surface area contributed by atoms with Gasteiger partial charge in [0.15, 0.2) is 12.4 Å². The maximum Gasteiger partial charge on any atom is 0.433 e. The van der Waals surface area contributed by atoms with Crippen molar-refractivity contribution in [1.29, 1.82) is 0 Å². The lowest BCUT2D eigenvalue weighted by Crippen LogP contribution is -2.07. The lowest BCUT2D eigenvalue weighted by molar-refractivity contribution is -0.141. The molecule has 0 spiro atoms. The van der Waals surface area contributed by atoms with Crippen molar-refractivity contribution in [2.24, 2.45) is 0 Å². The van der Waals surface area contributed by atoms with Crippen molar-refractivity contribution in [2.45, 2.75) is 26.8 Å². The highest BCUT2D eigenvalue weighted by molar-refractivity contribution is 7.26. The Hall–Kier alpha value is -3.77. The number of aromatic nitrogens is 7. The van der Waals surface area contributed by atoms with Gasteiger partial charge in [0.2, 0.25) is 5.82 Å². The van der Waals surface area contributed by atoms with Crippen LogP contribution in [0.25, 0.3) is 37.6 Å². The Bertz CT molecular complexity index is 1790. The molecule has 0 amide bonds. The van der Waals surface area contributed by atoms with E-state index in [9.17, 15) is 13.2 Å². The van der Waals surface area contributed by atoms with Crippen LogP contribution in [-0.4, -0.2) is 34.3 Å². The van der Waals surface area contributed by atoms with Crippen LogP contribution in [0.15, 0.2) is 42.9 Å². The van der Waals surface area contributed by atoms with E-state index in [1.807, 2.05) is 13.0 Å². The van der Waals surface area contributed by atoms with Crippen molar-refractivity contribution in [2.75, 3.05) is 0 Å². The normalized spacial score (nSPS) is 12.3. The molecule has 13 heteroatoms. The molecule has 0 fully saturated rings. The zero-order valence-electron chi connectivity index (χ0n) is 18.7. The van der Waals surface area contributed by atoms with Gasteiger partial charge in [0.1, 0.15) is 33.0 Å². The molecule has 0 saturated heterocycles. The number of halogens is 4. The van der Waals surface area contributed by atoms with E-state index in [0.717, 1.165) is 23.0 Å². The second-order valence-electron chi connectivity index (χ2n) is 8.16. The number of hydrogen-bond acceptors (Lipinski definition) is 7. The van der Waals surface area contributed by atoms with Crippen LogP contribution >= 0.6 is 22.9 Å².